The van der Waals surface area contributed by atoms with Gasteiger partial charge in [0.15, 0.2) is 5.82 Å². The maximum Gasteiger partial charge on any atom is 0.414 e. The summed E-state index contributed by atoms with van der Waals surface area (Å²) >= 11 is 0. The second kappa shape index (κ2) is 15.0. The standard InChI is InChI=1S/C44H50F3N7O5/c1-9-28-30(46)13-12-25-19-27(58-41(55)51(7)8)20-29(33(25)28)36-35(47)37-34-31(48-36)18-24(3)38-32(10-2)53(42(56)59-43(4,5)6)16-17-54(38)39(34)50-40(49-37)57-23-44-14-11-15-52(44)22-26(45)21-44/h1,12-13,19-20,24,26,32,38H,10-11,14-18,21-23H2,2-8H3/t24-,26+,32-,38-,44-/m0/s1. The second-order valence-electron chi connectivity index (χ2n) is 17.6. The minimum atomic E-state index is -0.982. The Morgan fingerprint density at radius 2 is 1.86 bits per heavy atom. The van der Waals surface area contributed by atoms with Crippen molar-refractivity contribution in [3.63, 3.8) is 0 Å². The zero-order valence-corrected chi connectivity index (χ0v) is 34.6. The summed E-state index contributed by atoms with van der Waals surface area (Å²) in [5, 5.41) is 1.00. The smallest absolute Gasteiger partial charge is 0.414 e. The van der Waals surface area contributed by atoms with Gasteiger partial charge in [0.05, 0.1) is 34.3 Å². The number of piperazine rings is 1. The van der Waals surface area contributed by atoms with Gasteiger partial charge in [-0.15, -0.1) is 6.42 Å². The van der Waals surface area contributed by atoms with Crippen LogP contribution in [0.4, 0.5) is 28.6 Å². The topological polar surface area (TPSA) is 113 Å². The minimum Gasteiger partial charge on any atom is -0.461 e. The first kappa shape index (κ1) is 40.4. The van der Waals surface area contributed by atoms with Crippen LogP contribution in [0, 0.1) is 29.9 Å². The molecule has 2 amide bonds. The molecule has 15 heteroatoms. The lowest BCUT2D eigenvalue weighted by Crippen LogP contribution is -2.63. The van der Waals surface area contributed by atoms with Crippen LogP contribution in [-0.2, 0) is 11.2 Å². The number of benzene rings is 2. The second-order valence-corrected chi connectivity index (χ2v) is 17.6. The molecule has 312 valence electrons. The van der Waals surface area contributed by atoms with Crippen molar-refractivity contribution in [1.82, 2.24) is 29.7 Å². The molecule has 12 nitrogen and oxygen atoms in total. The fraction of sp³-hybridized carbons (Fsp3) is 0.523. The van der Waals surface area contributed by atoms with Gasteiger partial charge in [-0.05, 0) is 82.5 Å². The van der Waals surface area contributed by atoms with Gasteiger partial charge in [0.25, 0.3) is 0 Å². The molecule has 4 aliphatic heterocycles. The van der Waals surface area contributed by atoms with Crippen LogP contribution in [0.5, 0.6) is 11.8 Å². The number of carbonyl (C=O) groups excluding carboxylic acids is 2. The highest BCUT2D eigenvalue weighted by atomic mass is 19.1. The van der Waals surface area contributed by atoms with Crippen molar-refractivity contribution in [3.05, 3.63) is 47.2 Å². The summed E-state index contributed by atoms with van der Waals surface area (Å²) < 4.78 is 65.9. The number of nitrogens with zero attached hydrogens (tertiary/aromatic N) is 7. The van der Waals surface area contributed by atoms with E-state index < -0.39 is 41.1 Å². The molecule has 0 aliphatic carbocycles. The van der Waals surface area contributed by atoms with Crippen molar-refractivity contribution >= 4 is 39.7 Å². The molecule has 6 heterocycles. The van der Waals surface area contributed by atoms with Crippen LogP contribution in [0.25, 0.3) is 32.9 Å². The van der Waals surface area contributed by atoms with E-state index in [1.54, 1.807) is 11.0 Å². The fourth-order valence-electron chi connectivity index (χ4n) is 9.73. The lowest BCUT2D eigenvalue weighted by Gasteiger charge is -2.49. The molecule has 2 aromatic heterocycles. The van der Waals surface area contributed by atoms with E-state index in [4.69, 9.17) is 35.6 Å². The van der Waals surface area contributed by atoms with Gasteiger partial charge in [0.2, 0.25) is 0 Å². The largest absolute Gasteiger partial charge is 0.461 e. The minimum absolute atomic E-state index is 0.0708. The van der Waals surface area contributed by atoms with Gasteiger partial charge < -0.3 is 28.9 Å². The normalized spacial score (nSPS) is 24.1. The molecule has 4 aromatic rings. The average molecular weight is 814 g/mol. The molecule has 3 saturated heterocycles. The average Bonchev–Trinajstić information content (AvgIpc) is 3.68. The van der Waals surface area contributed by atoms with Crippen molar-refractivity contribution < 1.29 is 37.0 Å². The summed E-state index contributed by atoms with van der Waals surface area (Å²) in [5.74, 6) is 1.23. The number of aromatic nitrogens is 3. The monoisotopic (exact) mass is 813 g/mol. The number of anilines is 1. The lowest BCUT2D eigenvalue weighted by atomic mass is 9.86. The number of terminal acetylenes is 1. The summed E-state index contributed by atoms with van der Waals surface area (Å²) in [6.07, 6.45) is 6.72. The number of fused-ring (bicyclic) bond motifs is 4. The van der Waals surface area contributed by atoms with Crippen molar-refractivity contribution in [2.45, 2.75) is 96.1 Å². The number of hydrogen-bond acceptors (Lipinski definition) is 10. The third-order valence-corrected chi connectivity index (χ3v) is 12.2. The van der Waals surface area contributed by atoms with Crippen molar-refractivity contribution in [1.29, 1.82) is 0 Å². The Morgan fingerprint density at radius 3 is 2.58 bits per heavy atom. The third-order valence-electron chi connectivity index (χ3n) is 12.2. The number of pyridine rings is 1. The third kappa shape index (κ3) is 7.13. The molecule has 0 radical (unpaired) electrons. The van der Waals surface area contributed by atoms with E-state index in [1.165, 1.54) is 37.2 Å². The Balaban J connectivity index is 1.33. The first-order valence-corrected chi connectivity index (χ1v) is 20.3. The summed E-state index contributed by atoms with van der Waals surface area (Å²) in [6.45, 7) is 11.5. The van der Waals surface area contributed by atoms with Crippen LogP contribution in [-0.4, -0.2) is 118 Å². The predicted octanol–water partition coefficient (Wildman–Crippen LogP) is 7.52. The van der Waals surface area contributed by atoms with Gasteiger partial charge in [-0.3, -0.25) is 4.90 Å². The fourth-order valence-corrected chi connectivity index (χ4v) is 9.73. The Labute approximate surface area is 342 Å². The number of carbonyl (C=O) groups is 2. The molecule has 2 aromatic carbocycles. The zero-order valence-electron chi connectivity index (χ0n) is 34.6. The first-order chi connectivity index (χ1) is 28.0. The van der Waals surface area contributed by atoms with Crippen molar-refractivity contribution in [2.75, 3.05) is 51.8 Å². The van der Waals surface area contributed by atoms with E-state index in [0.29, 0.717) is 61.2 Å². The van der Waals surface area contributed by atoms with Gasteiger partial charge in [-0.25, -0.2) is 27.7 Å². The van der Waals surface area contributed by atoms with E-state index in [9.17, 15) is 14.0 Å². The van der Waals surface area contributed by atoms with E-state index in [-0.39, 0.29) is 64.1 Å². The molecule has 0 saturated carbocycles. The Kier molecular flexibility index (Phi) is 10.3. The Morgan fingerprint density at radius 1 is 1.08 bits per heavy atom. The van der Waals surface area contributed by atoms with Gasteiger partial charge in [0, 0.05) is 51.1 Å². The maximum atomic E-state index is 17.8. The molecule has 4 aliphatic rings. The highest BCUT2D eigenvalue weighted by Gasteiger charge is 2.50. The Bertz CT molecular complexity index is 2400. The highest BCUT2D eigenvalue weighted by molar-refractivity contribution is 6.04. The van der Waals surface area contributed by atoms with Crippen LogP contribution in [0.3, 0.4) is 0 Å². The molecule has 0 unspecified atom stereocenters. The molecular weight excluding hydrogens is 764 g/mol. The van der Waals surface area contributed by atoms with E-state index in [1.807, 2.05) is 27.7 Å². The maximum absolute atomic E-state index is 17.8. The van der Waals surface area contributed by atoms with Gasteiger partial charge in [-0.1, -0.05) is 25.8 Å². The van der Waals surface area contributed by atoms with Gasteiger partial charge in [-0.2, -0.15) is 9.97 Å². The molecule has 0 N–H and O–H groups in total. The number of rotatable bonds is 6. The summed E-state index contributed by atoms with van der Waals surface area (Å²) in [7, 11) is 3.06. The molecule has 0 bridgehead atoms. The van der Waals surface area contributed by atoms with Crippen LogP contribution in [0.15, 0.2) is 24.3 Å². The summed E-state index contributed by atoms with van der Waals surface area (Å²) in [4.78, 5) is 48.4. The van der Waals surface area contributed by atoms with E-state index in [2.05, 4.69) is 22.6 Å². The lowest BCUT2D eigenvalue weighted by molar-refractivity contribution is 0.00540. The first-order valence-electron chi connectivity index (χ1n) is 20.3. The quantitative estimate of drug-likeness (QED) is 0.181. The molecule has 3 fully saturated rings. The van der Waals surface area contributed by atoms with E-state index >= 15 is 8.78 Å². The van der Waals surface area contributed by atoms with Crippen LogP contribution < -0.4 is 14.4 Å². The number of halogens is 3. The number of hydrogen-bond donors (Lipinski definition) is 0. The molecule has 5 atom stereocenters. The van der Waals surface area contributed by atoms with Crippen molar-refractivity contribution in [2.24, 2.45) is 5.92 Å². The van der Waals surface area contributed by atoms with Gasteiger partial charge >= 0.3 is 18.2 Å². The summed E-state index contributed by atoms with van der Waals surface area (Å²) in [6, 6.07) is 4.99. The molecule has 0 spiro atoms. The number of alkyl halides is 1. The number of amides is 2. The number of ether oxygens (including phenoxy) is 3. The molecular formula is C44H50F3N7O5. The SMILES string of the molecule is C#Cc1c(F)ccc2cc(OC(=O)N(C)C)cc(-c3nc4c5c(nc(OC[C@@]67CCCN6C[C@H](F)C7)nc5c3F)N3CCN(C(=O)OC(C)(C)C)[C@@H](CC)[C@@H]3[C@@H](C)C4)c12. The predicted molar refractivity (Wildman–Crippen MR) is 217 cm³/mol. The van der Waals surface area contributed by atoms with E-state index in [0.717, 1.165) is 19.4 Å². The molecule has 8 rings (SSSR count). The summed E-state index contributed by atoms with van der Waals surface area (Å²) in [5.41, 5.74) is -0.997. The van der Waals surface area contributed by atoms with Crippen LogP contribution >= 0.6 is 0 Å². The zero-order chi connectivity index (χ0) is 42.1. The highest BCUT2D eigenvalue weighted by Crippen LogP contribution is 2.45. The van der Waals surface area contributed by atoms with Gasteiger partial charge in [0.1, 0.15) is 47.0 Å². The Hall–Kier alpha value is -5.36. The van der Waals surface area contributed by atoms with Crippen molar-refractivity contribution in [3.8, 4) is 35.4 Å². The molecule has 59 heavy (non-hydrogen) atoms. The van der Waals surface area contributed by atoms with Crippen LogP contribution in [0.2, 0.25) is 0 Å². The van der Waals surface area contributed by atoms with Crippen LogP contribution in [0.1, 0.15) is 71.6 Å².